The van der Waals surface area contributed by atoms with Crippen LogP contribution in [0.4, 0.5) is 0 Å². The van der Waals surface area contributed by atoms with E-state index in [1.54, 1.807) is 14.1 Å². The summed E-state index contributed by atoms with van der Waals surface area (Å²) < 4.78 is 13.2. The number of carbonyl (C=O) groups excluding carboxylic acids is 1. The van der Waals surface area contributed by atoms with Crippen molar-refractivity contribution in [2.24, 2.45) is 7.05 Å². The molecule has 0 aliphatic carbocycles. The Bertz CT molecular complexity index is 736. The number of nitrogens with zero attached hydrogens (tertiary/aromatic N) is 5. The fraction of sp³-hybridized carbons (Fsp3) is 0.588. The average Bonchev–Trinajstić information content (AvgIpc) is 3.13. The molecule has 3 heterocycles. The summed E-state index contributed by atoms with van der Waals surface area (Å²) in [5.74, 6) is 1.93. The Morgan fingerprint density at radius 3 is 2.92 bits per heavy atom. The Morgan fingerprint density at radius 1 is 1.44 bits per heavy atom. The highest BCUT2D eigenvalue weighted by Gasteiger charge is 2.30. The number of hydrogen-bond acceptors (Lipinski definition) is 6. The molecular formula is C17H25N5O3. The first-order valence-corrected chi connectivity index (χ1v) is 8.38. The van der Waals surface area contributed by atoms with Gasteiger partial charge in [-0.2, -0.15) is 0 Å². The lowest BCUT2D eigenvalue weighted by Crippen LogP contribution is -2.36. The van der Waals surface area contributed by atoms with Crippen LogP contribution >= 0.6 is 0 Å². The van der Waals surface area contributed by atoms with E-state index in [2.05, 4.69) is 15.2 Å². The minimum atomic E-state index is -0.0397. The van der Waals surface area contributed by atoms with Crippen molar-refractivity contribution < 1.29 is 13.9 Å². The van der Waals surface area contributed by atoms with Crippen molar-refractivity contribution in [3.63, 3.8) is 0 Å². The van der Waals surface area contributed by atoms with Gasteiger partial charge in [-0.3, -0.25) is 14.4 Å². The van der Waals surface area contributed by atoms with Gasteiger partial charge in [0, 0.05) is 40.2 Å². The highest BCUT2D eigenvalue weighted by molar-refractivity contribution is 5.76. The molecule has 2 aromatic rings. The topological polar surface area (TPSA) is 76.6 Å². The minimum absolute atomic E-state index is 0.0397. The van der Waals surface area contributed by atoms with E-state index < -0.39 is 0 Å². The molecule has 25 heavy (non-hydrogen) atoms. The number of hydrogen-bond donors (Lipinski definition) is 0. The van der Waals surface area contributed by atoms with Crippen molar-refractivity contribution >= 4 is 5.91 Å². The van der Waals surface area contributed by atoms with Crippen LogP contribution in [0.25, 0.3) is 0 Å². The molecular weight excluding hydrogens is 322 g/mol. The van der Waals surface area contributed by atoms with Crippen LogP contribution in [0, 0.1) is 6.92 Å². The Hall–Kier alpha value is -2.19. The quantitative estimate of drug-likeness (QED) is 0.773. The molecule has 0 spiro atoms. The molecule has 0 saturated heterocycles. The summed E-state index contributed by atoms with van der Waals surface area (Å²) in [6.45, 7) is 4.75. The first-order chi connectivity index (χ1) is 11.9. The molecule has 0 bridgehead atoms. The highest BCUT2D eigenvalue weighted by Crippen LogP contribution is 2.28. The molecule has 8 heteroatoms. The maximum atomic E-state index is 11.7. The summed E-state index contributed by atoms with van der Waals surface area (Å²) in [7, 11) is 5.35. The van der Waals surface area contributed by atoms with Crippen LogP contribution in [0.2, 0.25) is 0 Å². The van der Waals surface area contributed by atoms with E-state index in [1.807, 2.05) is 30.8 Å². The zero-order chi connectivity index (χ0) is 18.0. The fourth-order valence-electron chi connectivity index (χ4n) is 3.15. The van der Waals surface area contributed by atoms with Crippen LogP contribution in [0.15, 0.2) is 16.5 Å². The predicted octanol–water partition coefficient (Wildman–Crippen LogP) is 0.921. The molecule has 0 fully saturated rings. The molecule has 8 nitrogen and oxygen atoms in total. The van der Waals surface area contributed by atoms with Crippen LogP contribution in [0.1, 0.15) is 28.8 Å². The zero-order valence-electron chi connectivity index (χ0n) is 15.2. The summed E-state index contributed by atoms with van der Waals surface area (Å²) in [4.78, 5) is 15.5. The smallest absolute Gasteiger partial charge is 0.248 e. The summed E-state index contributed by atoms with van der Waals surface area (Å²) >= 11 is 0. The van der Waals surface area contributed by atoms with Gasteiger partial charge < -0.3 is 14.1 Å². The number of fused-ring (bicyclic) bond motifs is 1. The van der Waals surface area contributed by atoms with Gasteiger partial charge in [0.15, 0.2) is 0 Å². The number of aryl methyl sites for hydroxylation is 2. The first-order valence-electron chi connectivity index (χ1n) is 8.38. The van der Waals surface area contributed by atoms with Crippen LogP contribution < -0.4 is 0 Å². The van der Waals surface area contributed by atoms with Crippen LogP contribution in [0.3, 0.4) is 0 Å². The predicted molar refractivity (Wildman–Crippen MR) is 90.8 cm³/mol. The number of carbonyl (C=O) groups is 1. The van der Waals surface area contributed by atoms with Crippen LogP contribution in [-0.2, 0) is 29.7 Å². The number of likely N-dealkylation sites (N-methyl/N-ethyl adjacent to an activating group) is 1. The Balaban J connectivity index is 1.67. The maximum absolute atomic E-state index is 11.7. The third kappa shape index (κ3) is 4.08. The minimum Gasteiger partial charge on any atom is -0.465 e. The number of amides is 1. The molecule has 1 amide bonds. The van der Waals surface area contributed by atoms with E-state index in [0.29, 0.717) is 6.61 Å². The van der Waals surface area contributed by atoms with E-state index in [-0.39, 0.29) is 18.4 Å². The van der Waals surface area contributed by atoms with Crippen molar-refractivity contribution in [3.05, 3.63) is 35.0 Å². The summed E-state index contributed by atoms with van der Waals surface area (Å²) in [5, 5.41) is 8.44. The van der Waals surface area contributed by atoms with E-state index in [0.717, 1.165) is 42.5 Å². The lowest BCUT2D eigenvalue weighted by atomic mass is 9.99. The van der Waals surface area contributed by atoms with E-state index in [4.69, 9.17) is 9.15 Å². The van der Waals surface area contributed by atoms with Gasteiger partial charge in [-0.05, 0) is 19.1 Å². The summed E-state index contributed by atoms with van der Waals surface area (Å²) in [6, 6.07) is 3.98. The number of ether oxygens (including phenoxy) is 1. The molecule has 0 N–H and O–H groups in total. The molecule has 0 saturated carbocycles. The highest BCUT2D eigenvalue weighted by atomic mass is 16.5. The van der Waals surface area contributed by atoms with Gasteiger partial charge in [0.1, 0.15) is 23.8 Å². The fourth-order valence-corrected chi connectivity index (χ4v) is 3.15. The second-order valence-electron chi connectivity index (χ2n) is 6.73. The van der Waals surface area contributed by atoms with Crippen molar-refractivity contribution in [1.82, 2.24) is 24.8 Å². The number of furan rings is 1. The largest absolute Gasteiger partial charge is 0.465 e. The SMILES string of the molecule is Cc1ccc(CN2Cc3nnn(C)c3[C@H](COCC(=O)N(C)C)C2)o1. The molecule has 1 atom stereocenters. The lowest BCUT2D eigenvalue weighted by Gasteiger charge is -2.31. The molecule has 3 rings (SSSR count). The van der Waals surface area contributed by atoms with Crippen LogP contribution in [-0.4, -0.2) is 64.6 Å². The first kappa shape index (κ1) is 17.6. The van der Waals surface area contributed by atoms with Gasteiger partial charge in [-0.25, -0.2) is 0 Å². The van der Waals surface area contributed by atoms with Gasteiger partial charge in [0.2, 0.25) is 5.91 Å². The standard InChI is InChI=1S/C17H25N5O3/c1-12-5-6-14(25-12)8-22-7-13(10-24-11-16(23)20(2)3)17-15(9-22)18-19-21(17)4/h5-6,13H,7-11H2,1-4H3/t13-/m0/s1. The van der Waals surface area contributed by atoms with Crippen molar-refractivity contribution in [1.29, 1.82) is 0 Å². The maximum Gasteiger partial charge on any atom is 0.248 e. The third-order valence-electron chi connectivity index (χ3n) is 4.40. The van der Waals surface area contributed by atoms with Gasteiger partial charge in [-0.1, -0.05) is 5.21 Å². The molecule has 0 aromatic carbocycles. The second-order valence-corrected chi connectivity index (χ2v) is 6.73. The molecule has 0 unspecified atom stereocenters. The van der Waals surface area contributed by atoms with Crippen molar-refractivity contribution in [2.45, 2.75) is 25.9 Å². The summed E-state index contributed by atoms with van der Waals surface area (Å²) in [6.07, 6.45) is 0. The third-order valence-corrected chi connectivity index (χ3v) is 4.40. The monoisotopic (exact) mass is 347 g/mol. The van der Waals surface area contributed by atoms with Crippen molar-refractivity contribution in [3.8, 4) is 0 Å². The Kier molecular flexibility index (Phi) is 5.19. The average molecular weight is 347 g/mol. The van der Waals surface area contributed by atoms with Crippen molar-refractivity contribution in [2.75, 3.05) is 33.9 Å². The molecule has 136 valence electrons. The Morgan fingerprint density at radius 2 is 2.24 bits per heavy atom. The molecule has 1 aliphatic heterocycles. The van der Waals surface area contributed by atoms with Gasteiger partial charge >= 0.3 is 0 Å². The van der Waals surface area contributed by atoms with E-state index in [1.165, 1.54) is 4.90 Å². The normalized spacial score (nSPS) is 17.5. The van der Waals surface area contributed by atoms with Crippen LogP contribution in [0.5, 0.6) is 0 Å². The number of aromatic nitrogens is 3. The zero-order valence-corrected chi connectivity index (χ0v) is 15.2. The molecule has 1 aliphatic rings. The van der Waals surface area contributed by atoms with E-state index in [9.17, 15) is 4.79 Å². The summed E-state index contributed by atoms with van der Waals surface area (Å²) in [5.41, 5.74) is 2.05. The molecule has 2 aromatic heterocycles. The van der Waals surface area contributed by atoms with Gasteiger partial charge in [0.05, 0.1) is 18.8 Å². The van der Waals surface area contributed by atoms with E-state index >= 15 is 0 Å². The van der Waals surface area contributed by atoms with Gasteiger partial charge in [0.25, 0.3) is 0 Å². The Labute approximate surface area is 147 Å². The lowest BCUT2D eigenvalue weighted by molar-refractivity contribution is -0.133. The number of rotatable bonds is 6. The second kappa shape index (κ2) is 7.37. The van der Waals surface area contributed by atoms with Gasteiger partial charge in [-0.15, -0.1) is 5.10 Å². The molecule has 0 radical (unpaired) electrons.